The van der Waals surface area contributed by atoms with Crippen molar-refractivity contribution < 1.29 is 4.79 Å². The number of carbonyl (C=O) groups is 1. The zero-order valence-electron chi connectivity index (χ0n) is 12.2. The average molecular weight is 308 g/mol. The normalized spacial score (nSPS) is 10.6. The lowest BCUT2D eigenvalue weighted by Crippen LogP contribution is -2.14. The summed E-state index contributed by atoms with van der Waals surface area (Å²) in [5.41, 5.74) is 2.91. The van der Waals surface area contributed by atoms with Crippen LogP contribution in [-0.2, 0) is 4.79 Å². The molecule has 1 heterocycles. The number of rotatable bonds is 4. The van der Waals surface area contributed by atoms with Crippen LogP contribution in [-0.4, -0.2) is 16.6 Å². The highest BCUT2D eigenvalue weighted by atomic mass is 32.2. The third-order valence-electron chi connectivity index (χ3n) is 3.23. The molecule has 0 saturated heterocycles. The van der Waals surface area contributed by atoms with Crippen molar-refractivity contribution in [2.24, 2.45) is 0 Å². The number of amides is 1. The Bertz CT molecular complexity index is 817. The molecule has 0 fully saturated rings. The highest BCUT2D eigenvalue weighted by Crippen LogP contribution is 2.20. The number of anilines is 1. The minimum absolute atomic E-state index is 0.0226. The van der Waals surface area contributed by atoms with E-state index in [0.29, 0.717) is 5.75 Å². The molecule has 0 radical (unpaired) electrons. The summed E-state index contributed by atoms with van der Waals surface area (Å²) in [5.74, 6) is 0.324. The highest BCUT2D eigenvalue weighted by Gasteiger charge is 2.05. The van der Waals surface area contributed by atoms with E-state index in [1.165, 1.54) is 11.8 Å². The van der Waals surface area contributed by atoms with Gasteiger partial charge in [-0.2, -0.15) is 0 Å². The number of nitrogens with one attached hydrogen (secondary N) is 1. The first-order chi connectivity index (χ1) is 10.7. The maximum Gasteiger partial charge on any atom is 0.234 e. The second-order valence-electron chi connectivity index (χ2n) is 5.05. The monoisotopic (exact) mass is 308 g/mol. The van der Waals surface area contributed by atoms with Crippen molar-refractivity contribution in [2.45, 2.75) is 11.9 Å². The summed E-state index contributed by atoms with van der Waals surface area (Å²) in [6, 6.07) is 19.7. The molecular formula is C18H16N2OS. The number of carbonyl (C=O) groups excluding carboxylic acids is 1. The Kier molecular flexibility index (Phi) is 4.39. The van der Waals surface area contributed by atoms with Crippen LogP contribution in [0.5, 0.6) is 0 Å². The molecule has 1 amide bonds. The van der Waals surface area contributed by atoms with Crippen molar-refractivity contribution in [3.8, 4) is 0 Å². The summed E-state index contributed by atoms with van der Waals surface area (Å²) in [7, 11) is 0. The molecule has 0 spiro atoms. The molecular weight excluding hydrogens is 292 g/mol. The Hall–Kier alpha value is -2.33. The molecule has 0 aliphatic carbocycles. The first-order valence-corrected chi connectivity index (χ1v) is 8.04. The first-order valence-electron chi connectivity index (χ1n) is 7.06. The number of aryl methyl sites for hydroxylation is 1. The number of pyridine rings is 1. The van der Waals surface area contributed by atoms with Gasteiger partial charge in [0.1, 0.15) is 0 Å². The summed E-state index contributed by atoms with van der Waals surface area (Å²) < 4.78 is 0. The van der Waals surface area contributed by atoms with Gasteiger partial charge in [0.25, 0.3) is 0 Å². The van der Waals surface area contributed by atoms with Crippen LogP contribution in [0.25, 0.3) is 10.9 Å². The van der Waals surface area contributed by atoms with Crippen molar-refractivity contribution in [3.63, 3.8) is 0 Å². The average Bonchev–Trinajstić information content (AvgIpc) is 2.53. The number of fused-ring (bicyclic) bond motifs is 1. The predicted octanol–water partition coefficient (Wildman–Crippen LogP) is 4.27. The fraction of sp³-hybridized carbons (Fsp3) is 0.111. The Labute approximate surface area is 133 Å². The van der Waals surface area contributed by atoms with E-state index in [1.54, 1.807) is 0 Å². The van der Waals surface area contributed by atoms with Crippen LogP contribution in [0.1, 0.15) is 5.56 Å². The smallest absolute Gasteiger partial charge is 0.234 e. The largest absolute Gasteiger partial charge is 0.325 e. The van der Waals surface area contributed by atoms with Crippen molar-refractivity contribution in [1.82, 2.24) is 4.98 Å². The van der Waals surface area contributed by atoms with Crippen molar-refractivity contribution in [1.29, 1.82) is 0 Å². The lowest BCUT2D eigenvalue weighted by molar-refractivity contribution is -0.113. The fourth-order valence-corrected chi connectivity index (χ4v) is 2.87. The van der Waals surface area contributed by atoms with Crippen LogP contribution in [0, 0.1) is 6.92 Å². The molecule has 1 aromatic heterocycles. The predicted molar refractivity (Wildman–Crippen MR) is 92.3 cm³/mol. The summed E-state index contributed by atoms with van der Waals surface area (Å²) >= 11 is 1.44. The molecule has 0 unspecified atom stereocenters. The van der Waals surface area contributed by atoms with Gasteiger partial charge >= 0.3 is 0 Å². The number of hydrogen-bond acceptors (Lipinski definition) is 3. The highest BCUT2D eigenvalue weighted by molar-refractivity contribution is 7.99. The van der Waals surface area contributed by atoms with E-state index in [9.17, 15) is 4.79 Å². The third-order valence-corrected chi connectivity index (χ3v) is 4.16. The quantitative estimate of drug-likeness (QED) is 0.732. The van der Waals surface area contributed by atoms with Gasteiger partial charge in [-0.15, -0.1) is 0 Å². The van der Waals surface area contributed by atoms with E-state index in [4.69, 9.17) is 0 Å². The zero-order chi connectivity index (χ0) is 15.4. The Balaban J connectivity index is 1.62. The molecule has 4 heteroatoms. The number of nitrogens with zero attached hydrogens (tertiary/aromatic N) is 1. The molecule has 2 aromatic carbocycles. The van der Waals surface area contributed by atoms with Gasteiger partial charge in [-0.1, -0.05) is 48.2 Å². The Morgan fingerprint density at radius 2 is 1.95 bits per heavy atom. The lowest BCUT2D eigenvalue weighted by atomic mass is 10.2. The molecule has 110 valence electrons. The summed E-state index contributed by atoms with van der Waals surface area (Å²) in [4.78, 5) is 16.6. The molecule has 0 aliphatic heterocycles. The number of benzene rings is 2. The number of aromatic nitrogens is 1. The Morgan fingerprint density at radius 3 is 2.82 bits per heavy atom. The second kappa shape index (κ2) is 6.62. The summed E-state index contributed by atoms with van der Waals surface area (Å²) in [6.45, 7) is 2.00. The number of thioether (sulfide) groups is 1. The van der Waals surface area contributed by atoms with Crippen LogP contribution in [0.4, 0.5) is 5.69 Å². The molecule has 22 heavy (non-hydrogen) atoms. The van der Waals surface area contributed by atoms with E-state index in [1.807, 2.05) is 67.6 Å². The van der Waals surface area contributed by atoms with Gasteiger partial charge in [0, 0.05) is 11.1 Å². The minimum atomic E-state index is -0.0226. The van der Waals surface area contributed by atoms with Gasteiger partial charge in [0.2, 0.25) is 5.91 Å². The third kappa shape index (κ3) is 3.65. The molecule has 0 saturated carbocycles. The molecule has 0 aliphatic rings. The molecule has 0 atom stereocenters. The standard InChI is InChI=1S/C18H16N2OS/c1-13-5-4-7-15(11-13)19-17(21)12-22-18-10-9-14-6-2-3-8-16(14)20-18/h2-11H,12H2,1H3,(H,19,21). The van der Waals surface area contributed by atoms with E-state index in [2.05, 4.69) is 10.3 Å². The van der Waals surface area contributed by atoms with Crippen molar-refractivity contribution in [3.05, 3.63) is 66.2 Å². The van der Waals surface area contributed by atoms with Crippen LogP contribution in [0.2, 0.25) is 0 Å². The van der Waals surface area contributed by atoms with Gasteiger partial charge in [-0.25, -0.2) is 4.98 Å². The maximum absolute atomic E-state index is 12.0. The van der Waals surface area contributed by atoms with E-state index >= 15 is 0 Å². The summed E-state index contributed by atoms with van der Waals surface area (Å²) in [5, 5.41) is 4.87. The maximum atomic E-state index is 12.0. The minimum Gasteiger partial charge on any atom is -0.325 e. The lowest BCUT2D eigenvalue weighted by Gasteiger charge is -2.06. The van der Waals surface area contributed by atoms with Gasteiger partial charge in [0.15, 0.2) is 0 Å². The van der Waals surface area contributed by atoms with Gasteiger partial charge in [-0.05, 0) is 36.8 Å². The molecule has 3 nitrogen and oxygen atoms in total. The van der Waals surface area contributed by atoms with E-state index in [0.717, 1.165) is 27.2 Å². The summed E-state index contributed by atoms with van der Waals surface area (Å²) in [6.07, 6.45) is 0. The molecule has 0 bridgehead atoms. The zero-order valence-corrected chi connectivity index (χ0v) is 13.1. The van der Waals surface area contributed by atoms with Crippen molar-refractivity contribution in [2.75, 3.05) is 11.1 Å². The molecule has 3 aromatic rings. The second-order valence-corrected chi connectivity index (χ2v) is 6.04. The first kappa shape index (κ1) is 14.6. The van der Waals surface area contributed by atoms with Crippen LogP contribution in [0.15, 0.2) is 65.7 Å². The van der Waals surface area contributed by atoms with Crippen molar-refractivity contribution >= 4 is 34.3 Å². The van der Waals surface area contributed by atoms with Crippen LogP contribution >= 0.6 is 11.8 Å². The van der Waals surface area contributed by atoms with Gasteiger partial charge in [0.05, 0.1) is 16.3 Å². The fourth-order valence-electron chi connectivity index (χ4n) is 2.19. The molecule has 1 N–H and O–H groups in total. The Morgan fingerprint density at radius 1 is 1.09 bits per heavy atom. The van der Waals surface area contributed by atoms with E-state index < -0.39 is 0 Å². The van der Waals surface area contributed by atoms with Gasteiger partial charge in [-0.3, -0.25) is 4.79 Å². The number of hydrogen-bond donors (Lipinski definition) is 1. The number of para-hydroxylation sites is 1. The van der Waals surface area contributed by atoms with E-state index in [-0.39, 0.29) is 5.91 Å². The SMILES string of the molecule is Cc1cccc(NC(=O)CSc2ccc3ccccc3n2)c1. The van der Waals surface area contributed by atoms with Gasteiger partial charge < -0.3 is 5.32 Å². The topological polar surface area (TPSA) is 42.0 Å². The van der Waals surface area contributed by atoms with Crippen LogP contribution < -0.4 is 5.32 Å². The molecule has 3 rings (SSSR count). The van der Waals surface area contributed by atoms with Crippen LogP contribution in [0.3, 0.4) is 0 Å².